The molecule has 3 aromatic rings. The summed E-state index contributed by atoms with van der Waals surface area (Å²) in [6, 6.07) is 20.7. The summed E-state index contributed by atoms with van der Waals surface area (Å²) in [6.45, 7) is 4.65. The fraction of sp³-hybridized carbons (Fsp3) is 0.259. The standard InChI is InChI=1S/C27H28ClN3O2/c1-17-9-5-6-10-20(17)26(32)29-19-13-14-21(23(28)15-19)27(33)31-16-18(2)25(30(3)4)22-11-7-8-12-24(22)31/h5-15,18,25H,16H2,1-4H3,(H,29,32). The van der Waals surface area contributed by atoms with Gasteiger partial charge in [0.25, 0.3) is 11.8 Å². The van der Waals surface area contributed by atoms with Crippen LogP contribution < -0.4 is 10.2 Å². The first-order valence-electron chi connectivity index (χ1n) is 11.0. The van der Waals surface area contributed by atoms with Gasteiger partial charge in [0.2, 0.25) is 0 Å². The predicted octanol–water partition coefficient (Wildman–Crippen LogP) is 5.80. The Bertz CT molecular complexity index is 1210. The second kappa shape index (κ2) is 9.38. The van der Waals surface area contributed by atoms with Gasteiger partial charge in [0.05, 0.1) is 10.6 Å². The van der Waals surface area contributed by atoms with Gasteiger partial charge in [0.15, 0.2) is 0 Å². The lowest BCUT2D eigenvalue weighted by atomic mass is 9.87. The molecule has 170 valence electrons. The maximum atomic E-state index is 13.5. The first-order valence-corrected chi connectivity index (χ1v) is 11.4. The predicted molar refractivity (Wildman–Crippen MR) is 134 cm³/mol. The molecular weight excluding hydrogens is 434 g/mol. The third-order valence-corrected chi connectivity index (χ3v) is 6.52. The van der Waals surface area contributed by atoms with E-state index in [4.69, 9.17) is 11.6 Å². The second-order valence-electron chi connectivity index (χ2n) is 8.82. The molecular formula is C27H28ClN3O2. The molecule has 1 aliphatic heterocycles. The second-order valence-corrected chi connectivity index (χ2v) is 9.23. The van der Waals surface area contributed by atoms with Gasteiger partial charge >= 0.3 is 0 Å². The molecule has 2 amide bonds. The Morgan fingerprint density at radius 1 is 1.00 bits per heavy atom. The molecule has 6 heteroatoms. The number of aryl methyl sites for hydroxylation is 1. The molecule has 1 aliphatic rings. The Kier molecular flexibility index (Phi) is 6.54. The van der Waals surface area contributed by atoms with Crippen LogP contribution in [0, 0.1) is 12.8 Å². The Balaban J connectivity index is 1.60. The molecule has 0 saturated heterocycles. The number of amides is 2. The van der Waals surface area contributed by atoms with Crippen molar-refractivity contribution in [1.29, 1.82) is 0 Å². The number of fused-ring (bicyclic) bond motifs is 1. The lowest BCUT2D eigenvalue weighted by molar-refractivity contribution is 0.0969. The number of benzene rings is 3. The first kappa shape index (κ1) is 23.0. The Labute approximate surface area is 200 Å². The van der Waals surface area contributed by atoms with Gasteiger partial charge in [-0.3, -0.25) is 9.59 Å². The molecule has 4 rings (SSSR count). The van der Waals surface area contributed by atoms with Crippen molar-refractivity contribution in [3.05, 3.63) is 94.0 Å². The number of nitrogens with zero attached hydrogens (tertiary/aromatic N) is 2. The van der Waals surface area contributed by atoms with E-state index in [0.29, 0.717) is 28.4 Å². The maximum Gasteiger partial charge on any atom is 0.259 e. The van der Waals surface area contributed by atoms with Gasteiger partial charge in [-0.15, -0.1) is 0 Å². The molecule has 33 heavy (non-hydrogen) atoms. The van der Waals surface area contributed by atoms with Crippen LogP contribution in [0.4, 0.5) is 11.4 Å². The Hall–Kier alpha value is -3.15. The molecule has 2 unspecified atom stereocenters. The third kappa shape index (κ3) is 4.52. The smallest absolute Gasteiger partial charge is 0.259 e. The molecule has 0 aromatic heterocycles. The first-order chi connectivity index (χ1) is 15.8. The van der Waals surface area contributed by atoms with Crippen molar-refractivity contribution in [3.63, 3.8) is 0 Å². The lowest BCUT2D eigenvalue weighted by Crippen LogP contribution is -2.44. The molecule has 1 N–H and O–H groups in total. The average molecular weight is 462 g/mol. The van der Waals surface area contributed by atoms with E-state index in [0.717, 1.165) is 16.8 Å². The number of carbonyl (C=O) groups excluding carboxylic acids is 2. The molecule has 1 heterocycles. The molecule has 0 bridgehead atoms. The minimum Gasteiger partial charge on any atom is -0.322 e. The molecule has 0 saturated carbocycles. The quantitative estimate of drug-likeness (QED) is 0.534. The van der Waals surface area contributed by atoms with Gasteiger partial charge in [-0.25, -0.2) is 0 Å². The van der Waals surface area contributed by atoms with E-state index >= 15 is 0 Å². The minimum atomic E-state index is -0.211. The Morgan fingerprint density at radius 3 is 2.39 bits per heavy atom. The number of anilines is 2. The summed E-state index contributed by atoms with van der Waals surface area (Å²) in [5, 5.41) is 3.18. The number of halogens is 1. The molecule has 0 spiro atoms. The normalized spacial score (nSPS) is 17.6. The van der Waals surface area contributed by atoms with Gasteiger partial charge in [-0.1, -0.05) is 54.9 Å². The lowest BCUT2D eigenvalue weighted by Gasteiger charge is -2.41. The number of nitrogens with one attached hydrogen (secondary N) is 1. The van der Waals surface area contributed by atoms with E-state index in [2.05, 4.69) is 37.3 Å². The van der Waals surface area contributed by atoms with Crippen LogP contribution in [0.15, 0.2) is 66.7 Å². The monoisotopic (exact) mass is 461 g/mol. The van der Waals surface area contributed by atoms with Gasteiger partial charge in [0, 0.05) is 29.5 Å². The van der Waals surface area contributed by atoms with Crippen LogP contribution in [0.3, 0.4) is 0 Å². The van der Waals surface area contributed by atoms with Gasteiger partial charge in [-0.2, -0.15) is 0 Å². The van der Waals surface area contributed by atoms with Crippen molar-refractivity contribution in [1.82, 2.24) is 4.90 Å². The molecule has 0 radical (unpaired) electrons. The highest BCUT2D eigenvalue weighted by Crippen LogP contribution is 2.40. The van der Waals surface area contributed by atoms with Crippen LogP contribution in [0.25, 0.3) is 0 Å². The van der Waals surface area contributed by atoms with Crippen LogP contribution in [-0.2, 0) is 0 Å². The molecule has 0 aliphatic carbocycles. The summed E-state index contributed by atoms with van der Waals surface area (Å²) in [4.78, 5) is 30.2. The molecule has 3 aromatic carbocycles. The summed E-state index contributed by atoms with van der Waals surface area (Å²) in [5.74, 6) is -0.102. The van der Waals surface area contributed by atoms with E-state index in [1.165, 1.54) is 0 Å². The van der Waals surface area contributed by atoms with Crippen LogP contribution in [0.2, 0.25) is 5.02 Å². The zero-order chi connectivity index (χ0) is 23.7. The maximum absolute atomic E-state index is 13.5. The van der Waals surface area contributed by atoms with Crippen LogP contribution in [0.1, 0.15) is 44.8 Å². The minimum absolute atomic E-state index is 0.145. The van der Waals surface area contributed by atoms with Gasteiger partial charge in [0.1, 0.15) is 0 Å². The highest BCUT2D eigenvalue weighted by atomic mass is 35.5. The van der Waals surface area contributed by atoms with E-state index in [9.17, 15) is 9.59 Å². The number of para-hydroxylation sites is 1. The van der Waals surface area contributed by atoms with Crippen molar-refractivity contribution in [2.24, 2.45) is 5.92 Å². The zero-order valence-corrected chi connectivity index (χ0v) is 20.1. The molecule has 0 fully saturated rings. The summed E-state index contributed by atoms with van der Waals surface area (Å²) >= 11 is 6.54. The van der Waals surface area contributed by atoms with Gasteiger partial charge in [-0.05, 0) is 68.4 Å². The van der Waals surface area contributed by atoms with Gasteiger partial charge < -0.3 is 15.1 Å². The fourth-order valence-corrected chi connectivity index (χ4v) is 4.95. The average Bonchev–Trinajstić information content (AvgIpc) is 2.78. The number of carbonyl (C=O) groups is 2. The topological polar surface area (TPSA) is 52.7 Å². The van der Waals surface area contributed by atoms with Crippen molar-refractivity contribution >= 4 is 34.8 Å². The van der Waals surface area contributed by atoms with E-state index in [1.807, 2.05) is 48.2 Å². The van der Waals surface area contributed by atoms with Crippen molar-refractivity contribution in [2.45, 2.75) is 19.9 Å². The summed E-state index contributed by atoms with van der Waals surface area (Å²) in [7, 11) is 4.13. The van der Waals surface area contributed by atoms with Crippen LogP contribution >= 0.6 is 11.6 Å². The van der Waals surface area contributed by atoms with Crippen molar-refractivity contribution in [3.8, 4) is 0 Å². The number of hydrogen-bond acceptors (Lipinski definition) is 3. The summed E-state index contributed by atoms with van der Waals surface area (Å²) in [6.07, 6.45) is 0. The highest BCUT2D eigenvalue weighted by Gasteiger charge is 2.35. The zero-order valence-electron chi connectivity index (χ0n) is 19.3. The largest absolute Gasteiger partial charge is 0.322 e. The SMILES string of the molecule is Cc1ccccc1C(=O)Nc1ccc(C(=O)N2CC(C)C(N(C)C)c3ccccc32)c(Cl)c1. The highest BCUT2D eigenvalue weighted by molar-refractivity contribution is 6.35. The van der Waals surface area contributed by atoms with Crippen LogP contribution in [0.5, 0.6) is 0 Å². The number of rotatable bonds is 4. The summed E-state index contributed by atoms with van der Waals surface area (Å²) in [5.41, 5.74) is 4.49. The van der Waals surface area contributed by atoms with E-state index < -0.39 is 0 Å². The van der Waals surface area contributed by atoms with Crippen molar-refractivity contribution < 1.29 is 9.59 Å². The van der Waals surface area contributed by atoms with Crippen molar-refractivity contribution in [2.75, 3.05) is 30.9 Å². The Morgan fingerprint density at radius 2 is 1.70 bits per heavy atom. The number of hydrogen-bond donors (Lipinski definition) is 1. The molecule has 2 atom stereocenters. The third-order valence-electron chi connectivity index (χ3n) is 6.20. The van der Waals surface area contributed by atoms with E-state index in [-0.39, 0.29) is 23.8 Å². The van der Waals surface area contributed by atoms with Crippen LogP contribution in [-0.4, -0.2) is 37.4 Å². The summed E-state index contributed by atoms with van der Waals surface area (Å²) < 4.78 is 0. The fourth-order valence-electron chi connectivity index (χ4n) is 4.69. The molecule has 5 nitrogen and oxygen atoms in total. The van der Waals surface area contributed by atoms with E-state index in [1.54, 1.807) is 24.3 Å².